The molecule has 21 heavy (non-hydrogen) atoms. The first kappa shape index (κ1) is 16.2. The minimum absolute atomic E-state index is 0.0465. The Balaban J connectivity index is 2.29. The Hall–Kier alpha value is -1.15. The average Bonchev–Trinajstić information content (AvgIpc) is 2.75. The summed E-state index contributed by atoms with van der Waals surface area (Å²) in [6, 6.07) is 2.84. The summed E-state index contributed by atoms with van der Waals surface area (Å²) < 4.78 is 27.1. The molecule has 1 heterocycles. The molecule has 116 valence electrons. The van der Waals surface area contributed by atoms with Crippen LogP contribution in [0.5, 0.6) is 0 Å². The number of benzene rings is 1. The van der Waals surface area contributed by atoms with Gasteiger partial charge in [0.1, 0.15) is 4.90 Å². The molecule has 3 N–H and O–H groups in total. The summed E-state index contributed by atoms with van der Waals surface area (Å²) in [6.07, 6.45) is 0.136. The van der Waals surface area contributed by atoms with Gasteiger partial charge in [-0.25, -0.2) is 13.1 Å². The van der Waals surface area contributed by atoms with E-state index in [4.69, 9.17) is 16.7 Å². The van der Waals surface area contributed by atoms with Crippen LogP contribution in [0.2, 0.25) is 5.02 Å². The second kappa shape index (κ2) is 5.57. The zero-order valence-electron chi connectivity index (χ0n) is 11.7. The standard InChI is InChI=1S/C13H17ClN2O4S/c1-13(2,7-17)6-15-21(19,20)11-3-8-4-12(18)16-10(8)5-9(11)14/h3,5,15,17H,4,6-7H2,1-2H3,(H,16,18). The highest BCUT2D eigenvalue weighted by Crippen LogP contribution is 2.32. The van der Waals surface area contributed by atoms with Crippen LogP contribution >= 0.6 is 11.6 Å². The fourth-order valence-electron chi connectivity index (χ4n) is 1.86. The zero-order valence-corrected chi connectivity index (χ0v) is 13.3. The van der Waals surface area contributed by atoms with Crippen molar-refractivity contribution >= 4 is 33.2 Å². The van der Waals surface area contributed by atoms with Gasteiger partial charge in [0.2, 0.25) is 15.9 Å². The van der Waals surface area contributed by atoms with Crippen molar-refractivity contribution in [2.24, 2.45) is 5.41 Å². The van der Waals surface area contributed by atoms with Gasteiger partial charge in [0.05, 0.1) is 11.4 Å². The molecule has 0 saturated carbocycles. The molecule has 0 saturated heterocycles. The van der Waals surface area contributed by atoms with Crippen molar-refractivity contribution in [3.05, 3.63) is 22.7 Å². The van der Waals surface area contributed by atoms with E-state index in [2.05, 4.69) is 10.0 Å². The molecule has 0 radical (unpaired) electrons. The fraction of sp³-hybridized carbons (Fsp3) is 0.462. The first-order valence-corrected chi connectivity index (χ1v) is 8.23. The Morgan fingerprint density at radius 1 is 1.43 bits per heavy atom. The molecule has 1 aromatic carbocycles. The van der Waals surface area contributed by atoms with Crippen LogP contribution in [0.15, 0.2) is 17.0 Å². The summed E-state index contributed by atoms with van der Waals surface area (Å²) in [5.74, 6) is -0.190. The number of aliphatic hydroxyl groups excluding tert-OH is 1. The predicted molar refractivity (Wildman–Crippen MR) is 79.8 cm³/mol. The molecule has 0 aromatic heterocycles. The highest BCUT2D eigenvalue weighted by Gasteiger charge is 2.27. The molecule has 0 atom stereocenters. The number of amides is 1. The van der Waals surface area contributed by atoms with Gasteiger partial charge in [-0.3, -0.25) is 4.79 Å². The van der Waals surface area contributed by atoms with E-state index in [9.17, 15) is 13.2 Å². The first-order chi connectivity index (χ1) is 9.64. The lowest BCUT2D eigenvalue weighted by Crippen LogP contribution is -2.36. The molecular weight excluding hydrogens is 316 g/mol. The molecule has 2 rings (SSSR count). The summed E-state index contributed by atoms with van der Waals surface area (Å²) in [5.41, 5.74) is 0.569. The number of hydrogen-bond donors (Lipinski definition) is 3. The summed E-state index contributed by atoms with van der Waals surface area (Å²) in [5, 5.41) is 11.8. The van der Waals surface area contributed by atoms with Crippen molar-refractivity contribution in [1.29, 1.82) is 0 Å². The van der Waals surface area contributed by atoms with Crippen molar-refractivity contribution in [2.75, 3.05) is 18.5 Å². The topological polar surface area (TPSA) is 95.5 Å². The third kappa shape index (κ3) is 3.55. The predicted octanol–water partition coefficient (Wildman–Crippen LogP) is 1.13. The van der Waals surface area contributed by atoms with Gasteiger partial charge in [-0.15, -0.1) is 0 Å². The number of anilines is 1. The number of nitrogens with one attached hydrogen (secondary N) is 2. The Kier molecular flexibility index (Phi) is 4.30. The number of fused-ring (bicyclic) bond motifs is 1. The van der Waals surface area contributed by atoms with Gasteiger partial charge >= 0.3 is 0 Å². The second-order valence-corrected chi connectivity index (χ2v) is 7.95. The van der Waals surface area contributed by atoms with E-state index >= 15 is 0 Å². The van der Waals surface area contributed by atoms with Crippen LogP contribution in [-0.2, 0) is 21.2 Å². The van der Waals surface area contributed by atoms with Gasteiger partial charge in [-0.05, 0) is 17.7 Å². The molecule has 1 aliphatic heterocycles. The second-order valence-electron chi connectivity index (χ2n) is 5.81. The number of sulfonamides is 1. The van der Waals surface area contributed by atoms with Gasteiger partial charge < -0.3 is 10.4 Å². The van der Waals surface area contributed by atoms with Gasteiger partial charge in [0.25, 0.3) is 0 Å². The summed E-state index contributed by atoms with van der Waals surface area (Å²) in [7, 11) is -3.81. The van der Waals surface area contributed by atoms with E-state index in [1.165, 1.54) is 12.1 Å². The molecule has 0 fully saturated rings. The molecule has 8 heteroatoms. The molecule has 0 bridgehead atoms. The van der Waals surface area contributed by atoms with Crippen LogP contribution in [0.1, 0.15) is 19.4 Å². The monoisotopic (exact) mass is 332 g/mol. The Labute approximate surface area is 128 Å². The summed E-state index contributed by atoms with van der Waals surface area (Å²) in [6.45, 7) is 3.41. The minimum Gasteiger partial charge on any atom is -0.396 e. The van der Waals surface area contributed by atoms with E-state index in [1.54, 1.807) is 13.8 Å². The lowest BCUT2D eigenvalue weighted by atomic mass is 9.96. The number of halogens is 1. The number of rotatable bonds is 5. The van der Waals surface area contributed by atoms with Crippen LogP contribution < -0.4 is 10.0 Å². The van der Waals surface area contributed by atoms with Crippen LogP contribution in [0.3, 0.4) is 0 Å². The van der Waals surface area contributed by atoms with Crippen LogP contribution in [-0.4, -0.2) is 32.6 Å². The van der Waals surface area contributed by atoms with Crippen LogP contribution in [0.4, 0.5) is 5.69 Å². The van der Waals surface area contributed by atoms with Crippen molar-refractivity contribution < 1.29 is 18.3 Å². The zero-order chi connectivity index (χ0) is 15.8. The highest BCUT2D eigenvalue weighted by molar-refractivity contribution is 7.89. The summed E-state index contributed by atoms with van der Waals surface area (Å²) >= 11 is 6.00. The minimum atomic E-state index is -3.81. The van der Waals surface area contributed by atoms with Crippen LogP contribution in [0, 0.1) is 5.41 Å². The third-order valence-electron chi connectivity index (χ3n) is 3.24. The maximum absolute atomic E-state index is 12.3. The molecule has 0 aliphatic carbocycles. The van der Waals surface area contributed by atoms with E-state index in [-0.39, 0.29) is 35.4 Å². The van der Waals surface area contributed by atoms with E-state index < -0.39 is 15.4 Å². The number of carbonyl (C=O) groups excluding carboxylic acids is 1. The Morgan fingerprint density at radius 2 is 2.10 bits per heavy atom. The normalized spacial score (nSPS) is 15.0. The van der Waals surface area contributed by atoms with Gasteiger partial charge in [0.15, 0.2) is 0 Å². The molecule has 6 nitrogen and oxygen atoms in total. The molecule has 0 unspecified atom stereocenters. The lowest BCUT2D eigenvalue weighted by Gasteiger charge is -2.22. The average molecular weight is 333 g/mol. The van der Waals surface area contributed by atoms with Crippen molar-refractivity contribution in [1.82, 2.24) is 4.72 Å². The highest BCUT2D eigenvalue weighted by atomic mass is 35.5. The number of aliphatic hydroxyl groups is 1. The Morgan fingerprint density at radius 3 is 2.71 bits per heavy atom. The van der Waals surface area contributed by atoms with Crippen molar-refractivity contribution in [3.8, 4) is 0 Å². The largest absolute Gasteiger partial charge is 0.396 e. The Bertz CT molecular complexity index is 686. The van der Waals surface area contributed by atoms with E-state index in [0.29, 0.717) is 11.3 Å². The lowest BCUT2D eigenvalue weighted by molar-refractivity contribution is -0.115. The van der Waals surface area contributed by atoms with Crippen molar-refractivity contribution in [2.45, 2.75) is 25.2 Å². The maximum Gasteiger partial charge on any atom is 0.242 e. The SMILES string of the molecule is CC(C)(CO)CNS(=O)(=O)c1cc2c(cc1Cl)NC(=O)C2. The molecular formula is C13H17ClN2O4S. The van der Waals surface area contributed by atoms with Crippen LogP contribution in [0.25, 0.3) is 0 Å². The van der Waals surface area contributed by atoms with Gasteiger partial charge in [-0.2, -0.15) is 0 Å². The quantitative estimate of drug-likeness (QED) is 0.753. The molecule has 1 amide bonds. The van der Waals surface area contributed by atoms with Crippen molar-refractivity contribution in [3.63, 3.8) is 0 Å². The fourth-order valence-corrected chi connectivity index (χ4v) is 3.67. The van der Waals surface area contributed by atoms with Gasteiger partial charge in [-0.1, -0.05) is 25.4 Å². The third-order valence-corrected chi connectivity index (χ3v) is 5.11. The molecule has 1 aromatic rings. The van der Waals surface area contributed by atoms with E-state index in [1.807, 2.05) is 0 Å². The molecule has 0 spiro atoms. The molecule has 1 aliphatic rings. The maximum atomic E-state index is 12.3. The summed E-state index contributed by atoms with van der Waals surface area (Å²) in [4.78, 5) is 11.3. The van der Waals surface area contributed by atoms with E-state index in [0.717, 1.165) is 0 Å². The first-order valence-electron chi connectivity index (χ1n) is 6.37. The number of hydrogen-bond acceptors (Lipinski definition) is 4. The smallest absolute Gasteiger partial charge is 0.242 e. The van der Waals surface area contributed by atoms with Gasteiger partial charge in [0, 0.05) is 24.3 Å². The number of carbonyl (C=O) groups is 1.